The molecule has 3 heteroatoms. The van der Waals surface area contributed by atoms with E-state index in [9.17, 15) is 9.50 Å². The van der Waals surface area contributed by atoms with Gasteiger partial charge in [-0.2, -0.15) is 0 Å². The smallest absolute Gasteiger partial charge is 0.126 e. The third-order valence-electron chi connectivity index (χ3n) is 1.61. The van der Waals surface area contributed by atoms with Gasteiger partial charge in [0.25, 0.3) is 0 Å². The van der Waals surface area contributed by atoms with Crippen molar-refractivity contribution in [2.75, 3.05) is 13.6 Å². The third-order valence-corrected chi connectivity index (χ3v) is 1.61. The zero-order chi connectivity index (χ0) is 9.68. The van der Waals surface area contributed by atoms with Gasteiger partial charge in [-0.1, -0.05) is 12.2 Å². The SMILES string of the molecule is CNCC=Cc1ccc(F)cc1O. The Morgan fingerprint density at radius 3 is 2.92 bits per heavy atom. The summed E-state index contributed by atoms with van der Waals surface area (Å²) in [7, 11) is 1.83. The molecule has 0 aliphatic carbocycles. The lowest BCUT2D eigenvalue weighted by Gasteiger charge is -1.98. The Morgan fingerprint density at radius 1 is 1.54 bits per heavy atom. The predicted octanol–water partition coefficient (Wildman–Crippen LogP) is 1.76. The minimum atomic E-state index is -0.428. The van der Waals surface area contributed by atoms with Gasteiger partial charge in [0.1, 0.15) is 11.6 Å². The van der Waals surface area contributed by atoms with Gasteiger partial charge in [-0.25, -0.2) is 4.39 Å². The van der Waals surface area contributed by atoms with E-state index in [1.54, 1.807) is 6.08 Å². The average Bonchev–Trinajstić information content (AvgIpc) is 2.09. The van der Waals surface area contributed by atoms with Crippen molar-refractivity contribution in [2.45, 2.75) is 0 Å². The first-order valence-electron chi connectivity index (χ1n) is 4.03. The Hall–Kier alpha value is -1.35. The zero-order valence-electron chi connectivity index (χ0n) is 7.42. The minimum Gasteiger partial charge on any atom is -0.507 e. The number of halogens is 1. The van der Waals surface area contributed by atoms with E-state index in [1.807, 2.05) is 13.1 Å². The van der Waals surface area contributed by atoms with Crippen LogP contribution in [-0.2, 0) is 0 Å². The van der Waals surface area contributed by atoms with Gasteiger partial charge in [0.2, 0.25) is 0 Å². The lowest BCUT2D eigenvalue weighted by atomic mass is 10.2. The van der Waals surface area contributed by atoms with E-state index >= 15 is 0 Å². The fourth-order valence-electron chi connectivity index (χ4n) is 0.962. The molecule has 1 aromatic rings. The Kier molecular flexibility index (Phi) is 3.46. The van der Waals surface area contributed by atoms with Gasteiger partial charge in [0.05, 0.1) is 0 Å². The molecule has 0 fully saturated rings. The second-order valence-corrected chi connectivity index (χ2v) is 2.66. The van der Waals surface area contributed by atoms with Gasteiger partial charge in [0, 0.05) is 18.2 Å². The molecule has 0 saturated carbocycles. The van der Waals surface area contributed by atoms with Crippen LogP contribution < -0.4 is 5.32 Å². The van der Waals surface area contributed by atoms with Crippen LogP contribution >= 0.6 is 0 Å². The molecule has 0 atom stereocenters. The molecular formula is C10H12FNO. The van der Waals surface area contributed by atoms with Gasteiger partial charge in [-0.15, -0.1) is 0 Å². The molecule has 2 N–H and O–H groups in total. The predicted molar refractivity (Wildman–Crippen MR) is 51.0 cm³/mol. The molecule has 0 aliphatic rings. The number of hydrogen-bond acceptors (Lipinski definition) is 2. The second-order valence-electron chi connectivity index (χ2n) is 2.66. The van der Waals surface area contributed by atoms with Crippen molar-refractivity contribution < 1.29 is 9.50 Å². The topological polar surface area (TPSA) is 32.3 Å². The van der Waals surface area contributed by atoms with Crippen LogP contribution in [0, 0.1) is 5.82 Å². The van der Waals surface area contributed by atoms with E-state index in [0.717, 1.165) is 12.6 Å². The third kappa shape index (κ3) is 2.87. The Labute approximate surface area is 76.7 Å². The van der Waals surface area contributed by atoms with Crippen molar-refractivity contribution in [1.82, 2.24) is 5.32 Å². The van der Waals surface area contributed by atoms with Crippen molar-refractivity contribution in [2.24, 2.45) is 0 Å². The number of likely N-dealkylation sites (N-methyl/N-ethyl adjacent to an activating group) is 1. The van der Waals surface area contributed by atoms with Crippen LogP contribution in [0.2, 0.25) is 0 Å². The van der Waals surface area contributed by atoms with Gasteiger partial charge < -0.3 is 10.4 Å². The van der Waals surface area contributed by atoms with Crippen LogP contribution in [0.5, 0.6) is 5.75 Å². The molecule has 1 aromatic carbocycles. The van der Waals surface area contributed by atoms with Crippen LogP contribution in [-0.4, -0.2) is 18.7 Å². The largest absolute Gasteiger partial charge is 0.507 e. The zero-order valence-corrected chi connectivity index (χ0v) is 7.42. The molecule has 13 heavy (non-hydrogen) atoms. The van der Waals surface area contributed by atoms with Crippen LogP contribution in [0.4, 0.5) is 4.39 Å². The number of nitrogens with one attached hydrogen (secondary N) is 1. The molecule has 0 aromatic heterocycles. The van der Waals surface area contributed by atoms with E-state index in [0.29, 0.717) is 5.56 Å². The van der Waals surface area contributed by atoms with Crippen molar-refractivity contribution in [1.29, 1.82) is 0 Å². The summed E-state index contributed by atoms with van der Waals surface area (Å²) in [5.41, 5.74) is 0.622. The molecule has 1 rings (SSSR count). The summed E-state index contributed by atoms with van der Waals surface area (Å²) in [4.78, 5) is 0. The van der Waals surface area contributed by atoms with Crippen LogP contribution in [0.15, 0.2) is 24.3 Å². The lowest BCUT2D eigenvalue weighted by Crippen LogP contribution is -2.03. The molecule has 0 amide bonds. The van der Waals surface area contributed by atoms with Crippen molar-refractivity contribution in [3.63, 3.8) is 0 Å². The normalized spacial score (nSPS) is 10.9. The van der Waals surface area contributed by atoms with E-state index < -0.39 is 5.82 Å². The highest BCUT2D eigenvalue weighted by Gasteiger charge is 1.97. The van der Waals surface area contributed by atoms with Crippen LogP contribution in [0.1, 0.15) is 5.56 Å². The molecule has 0 radical (unpaired) electrons. The summed E-state index contributed by atoms with van der Waals surface area (Å²) in [6, 6.07) is 3.95. The Balaban J connectivity index is 2.77. The van der Waals surface area contributed by atoms with Crippen molar-refractivity contribution in [3.8, 4) is 5.75 Å². The van der Waals surface area contributed by atoms with E-state index in [4.69, 9.17) is 0 Å². The summed E-state index contributed by atoms with van der Waals surface area (Å²) < 4.78 is 12.5. The number of phenols is 1. The summed E-state index contributed by atoms with van der Waals surface area (Å²) in [6.07, 6.45) is 3.60. The number of rotatable bonds is 3. The fraction of sp³-hybridized carbons (Fsp3) is 0.200. The molecule has 0 bridgehead atoms. The molecule has 2 nitrogen and oxygen atoms in total. The first-order chi connectivity index (χ1) is 6.24. The fourth-order valence-corrected chi connectivity index (χ4v) is 0.962. The van der Waals surface area contributed by atoms with Gasteiger partial charge in [-0.05, 0) is 19.2 Å². The van der Waals surface area contributed by atoms with Gasteiger partial charge >= 0.3 is 0 Å². The van der Waals surface area contributed by atoms with E-state index in [-0.39, 0.29) is 5.75 Å². The van der Waals surface area contributed by atoms with E-state index in [2.05, 4.69) is 5.32 Å². The first kappa shape index (κ1) is 9.74. The van der Waals surface area contributed by atoms with Crippen LogP contribution in [0.3, 0.4) is 0 Å². The van der Waals surface area contributed by atoms with Crippen LogP contribution in [0.25, 0.3) is 6.08 Å². The lowest BCUT2D eigenvalue weighted by molar-refractivity contribution is 0.468. The molecule has 0 aliphatic heterocycles. The van der Waals surface area contributed by atoms with Gasteiger partial charge in [-0.3, -0.25) is 0 Å². The maximum atomic E-state index is 12.5. The highest BCUT2D eigenvalue weighted by Crippen LogP contribution is 2.18. The number of phenolic OH excluding ortho intramolecular Hbond substituents is 1. The van der Waals surface area contributed by atoms with Crippen molar-refractivity contribution in [3.05, 3.63) is 35.7 Å². The summed E-state index contributed by atoms with van der Waals surface area (Å²) in [5.74, 6) is -0.462. The molecule has 0 unspecified atom stereocenters. The number of hydrogen-bond donors (Lipinski definition) is 2. The monoisotopic (exact) mass is 181 g/mol. The molecule has 0 spiro atoms. The summed E-state index contributed by atoms with van der Waals surface area (Å²) >= 11 is 0. The summed E-state index contributed by atoms with van der Waals surface area (Å²) in [6.45, 7) is 0.719. The van der Waals surface area contributed by atoms with Gasteiger partial charge in [0.15, 0.2) is 0 Å². The highest BCUT2D eigenvalue weighted by molar-refractivity contribution is 5.56. The maximum Gasteiger partial charge on any atom is 0.126 e. The summed E-state index contributed by atoms with van der Waals surface area (Å²) in [5, 5.41) is 12.2. The first-order valence-corrected chi connectivity index (χ1v) is 4.03. The molecular weight excluding hydrogens is 169 g/mol. The second kappa shape index (κ2) is 4.62. The maximum absolute atomic E-state index is 12.5. The minimum absolute atomic E-state index is 0.0349. The van der Waals surface area contributed by atoms with E-state index in [1.165, 1.54) is 12.1 Å². The Morgan fingerprint density at radius 2 is 2.31 bits per heavy atom. The molecule has 70 valence electrons. The molecule has 0 heterocycles. The molecule has 0 saturated heterocycles. The standard InChI is InChI=1S/C10H12FNO/c1-12-6-2-3-8-4-5-9(11)7-10(8)13/h2-5,7,12-13H,6H2,1H3. The number of benzene rings is 1. The van der Waals surface area contributed by atoms with Crippen molar-refractivity contribution >= 4 is 6.08 Å². The average molecular weight is 181 g/mol. The number of aromatic hydroxyl groups is 1. The highest BCUT2D eigenvalue weighted by atomic mass is 19.1. The quantitative estimate of drug-likeness (QED) is 0.744. The Bertz CT molecular complexity index is 310.